The SMILES string of the molecule is CC[C@H](C(C)=O)[C@H](C)NC. The first-order valence-corrected chi connectivity index (χ1v) is 3.81. The van der Waals surface area contributed by atoms with Crippen molar-refractivity contribution in [3.8, 4) is 0 Å². The third kappa shape index (κ3) is 2.48. The van der Waals surface area contributed by atoms with E-state index < -0.39 is 0 Å². The number of rotatable bonds is 4. The van der Waals surface area contributed by atoms with Gasteiger partial charge in [-0.1, -0.05) is 6.92 Å². The number of carbonyl (C=O) groups excluding carboxylic acids is 1. The van der Waals surface area contributed by atoms with E-state index >= 15 is 0 Å². The van der Waals surface area contributed by atoms with Gasteiger partial charge in [-0.25, -0.2) is 0 Å². The Morgan fingerprint density at radius 3 is 2.20 bits per heavy atom. The third-order valence-corrected chi connectivity index (χ3v) is 2.02. The van der Waals surface area contributed by atoms with Crippen molar-refractivity contribution in [2.75, 3.05) is 7.05 Å². The van der Waals surface area contributed by atoms with Crippen LogP contribution < -0.4 is 5.32 Å². The van der Waals surface area contributed by atoms with Crippen LogP contribution in [0, 0.1) is 5.92 Å². The summed E-state index contributed by atoms with van der Waals surface area (Å²) in [5, 5.41) is 3.08. The maximum Gasteiger partial charge on any atom is 0.134 e. The first-order valence-electron chi connectivity index (χ1n) is 3.81. The molecule has 10 heavy (non-hydrogen) atoms. The van der Waals surface area contributed by atoms with E-state index in [1.54, 1.807) is 6.92 Å². The Kier molecular flexibility index (Phi) is 4.28. The zero-order valence-corrected chi connectivity index (χ0v) is 7.27. The van der Waals surface area contributed by atoms with Crippen LogP contribution in [0.3, 0.4) is 0 Å². The van der Waals surface area contributed by atoms with Crippen LogP contribution in [0.2, 0.25) is 0 Å². The molecule has 0 saturated heterocycles. The second-order valence-electron chi connectivity index (χ2n) is 2.70. The summed E-state index contributed by atoms with van der Waals surface area (Å²) in [6.07, 6.45) is 0.928. The number of ketones is 1. The van der Waals surface area contributed by atoms with E-state index in [1.807, 2.05) is 20.9 Å². The normalized spacial score (nSPS) is 16.4. The molecular weight excluding hydrogens is 126 g/mol. The van der Waals surface area contributed by atoms with Crippen molar-refractivity contribution in [3.63, 3.8) is 0 Å². The standard InChI is InChI=1S/C8H17NO/c1-5-8(7(3)10)6(2)9-4/h6,8-9H,5H2,1-4H3/t6-,8-/m0/s1. The average molecular weight is 143 g/mol. The lowest BCUT2D eigenvalue weighted by atomic mass is 9.95. The van der Waals surface area contributed by atoms with E-state index in [-0.39, 0.29) is 11.7 Å². The second-order valence-corrected chi connectivity index (χ2v) is 2.70. The number of carbonyl (C=O) groups is 1. The molecule has 2 atom stereocenters. The van der Waals surface area contributed by atoms with Crippen LogP contribution in [0.4, 0.5) is 0 Å². The van der Waals surface area contributed by atoms with Crippen LogP contribution >= 0.6 is 0 Å². The Hall–Kier alpha value is -0.370. The van der Waals surface area contributed by atoms with E-state index in [4.69, 9.17) is 0 Å². The van der Waals surface area contributed by atoms with Crippen molar-refractivity contribution < 1.29 is 4.79 Å². The molecule has 2 heteroatoms. The predicted octanol–water partition coefficient (Wildman–Crippen LogP) is 1.21. The number of Topliss-reactive ketones (excluding diaryl/α,β-unsaturated/α-hetero) is 1. The molecular formula is C8H17NO. The fourth-order valence-corrected chi connectivity index (χ4v) is 1.19. The molecule has 0 aliphatic heterocycles. The van der Waals surface area contributed by atoms with Crippen molar-refractivity contribution in [1.82, 2.24) is 5.32 Å². The molecule has 0 saturated carbocycles. The van der Waals surface area contributed by atoms with E-state index in [9.17, 15) is 4.79 Å². The number of nitrogens with one attached hydrogen (secondary N) is 1. The molecule has 0 radical (unpaired) electrons. The minimum absolute atomic E-state index is 0.185. The Bertz CT molecular complexity index is 112. The predicted molar refractivity (Wildman–Crippen MR) is 43.0 cm³/mol. The van der Waals surface area contributed by atoms with Crippen LogP contribution in [0.1, 0.15) is 27.2 Å². The lowest BCUT2D eigenvalue weighted by Gasteiger charge is -2.18. The summed E-state index contributed by atoms with van der Waals surface area (Å²) in [7, 11) is 1.89. The molecule has 0 rings (SSSR count). The molecule has 0 amide bonds. The van der Waals surface area contributed by atoms with Crippen LogP contribution in [-0.4, -0.2) is 18.9 Å². The highest BCUT2D eigenvalue weighted by Gasteiger charge is 2.17. The smallest absolute Gasteiger partial charge is 0.134 e. The highest BCUT2D eigenvalue weighted by Crippen LogP contribution is 2.08. The second kappa shape index (κ2) is 4.45. The monoisotopic (exact) mass is 143 g/mol. The van der Waals surface area contributed by atoms with Gasteiger partial charge in [-0.15, -0.1) is 0 Å². The van der Waals surface area contributed by atoms with E-state index in [0.29, 0.717) is 6.04 Å². The number of hydrogen-bond donors (Lipinski definition) is 1. The zero-order valence-electron chi connectivity index (χ0n) is 7.27. The van der Waals surface area contributed by atoms with E-state index in [2.05, 4.69) is 5.32 Å². The summed E-state index contributed by atoms with van der Waals surface area (Å²) in [4.78, 5) is 10.9. The van der Waals surface area contributed by atoms with Crippen LogP contribution in [0.25, 0.3) is 0 Å². The molecule has 0 spiro atoms. The zero-order chi connectivity index (χ0) is 8.15. The van der Waals surface area contributed by atoms with Gasteiger partial charge in [0, 0.05) is 12.0 Å². The molecule has 0 aliphatic rings. The lowest BCUT2D eigenvalue weighted by molar-refractivity contribution is -0.121. The molecule has 60 valence electrons. The summed E-state index contributed by atoms with van der Waals surface area (Å²) < 4.78 is 0. The fraction of sp³-hybridized carbons (Fsp3) is 0.875. The third-order valence-electron chi connectivity index (χ3n) is 2.02. The Morgan fingerprint density at radius 1 is 1.60 bits per heavy atom. The Morgan fingerprint density at radius 2 is 2.10 bits per heavy atom. The van der Waals surface area contributed by atoms with Gasteiger partial charge in [0.1, 0.15) is 5.78 Å². The van der Waals surface area contributed by atoms with Crippen LogP contribution in [0.5, 0.6) is 0 Å². The molecule has 1 N–H and O–H groups in total. The highest BCUT2D eigenvalue weighted by atomic mass is 16.1. The molecule has 0 unspecified atom stereocenters. The molecule has 0 bridgehead atoms. The van der Waals surface area contributed by atoms with Crippen molar-refractivity contribution in [2.45, 2.75) is 33.2 Å². The molecule has 0 aromatic carbocycles. The van der Waals surface area contributed by atoms with Crippen molar-refractivity contribution >= 4 is 5.78 Å². The topological polar surface area (TPSA) is 29.1 Å². The van der Waals surface area contributed by atoms with Crippen molar-refractivity contribution in [3.05, 3.63) is 0 Å². The summed E-state index contributed by atoms with van der Waals surface area (Å²) in [5.41, 5.74) is 0. The Labute approximate surface area is 63.0 Å². The van der Waals surface area contributed by atoms with Gasteiger partial charge >= 0.3 is 0 Å². The minimum atomic E-state index is 0.185. The largest absolute Gasteiger partial charge is 0.317 e. The van der Waals surface area contributed by atoms with Gasteiger partial charge in [0.15, 0.2) is 0 Å². The maximum absolute atomic E-state index is 10.9. The molecule has 2 nitrogen and oxygen atoms in total. The highest BCUT2D eigenvalue weighted by molar-refractivity contribution is 5.78. The molecule has 0 aliphatic carbocycles. The molecule has 0 heterocycles. The fourth-order valence-electron chi connectivity index (χ4n) is 1.19. The lowest BCUT2D eigenvalue weighted by Crippen LogP contribution is -2.34. The summed E-state index contributed by atoms with van der Waals surface area (Å²) >= 11 is 0. The Balaban J connectivity index is 3.92. The molecule has 0 aromatic rings. The van der Waals surface area contributed by atoms with Crippen molar-refractivity contribution in [1.29, 1.82) is 0 Å². The number of hydrogen-bond acceptors (Lipinski definition) is 2. The van der Waals surface area contributed by atoms with Gasteiger partial charge < -0.3 is 5.32 Å². The van der Waals surface area contributed by atoms with Gasteiger partial charge in [0.25, 0.3) is 0 Å². The van der Waals surface area contributed by atoms with Gasteiger partial charge in [-0.2, -0.15) is 0 Å². The maximum atomic E-state index is 10.9. The van der Waals surface area contributed by atoms with Gasteiger partial charge in [0.05, 0.1) is 0 Å². The first kappa shape index (κ1) is 9.63. The average Bonchev–Trinajstić information content (AvgIpc) is 1.88. The van der Waals surface area contributed by atoms with Crippen molar-refractivity contribution in [2.24, 2.45) is 5.92 Å². The summed E-state index contributed by atoms with van der Waals surface area (Å²) in [6.45, 7) is 5.73. The molecule has 0 fully saturated rings. The summed E-state index contributed by atoms with van der Waals surface area (Å²) in [6, 6.07) is 0.308. The van der Waals surface area contributed by atoms with Gasteiger partial charge in [-0.3, -0.25) is 4.79 Å². The van der Waals surface area contributed by atoms with E-state index in [0.717, 1.165) is 6.42 Å². The van der Waals surface area contributed by atoms with Gasteiger partial charge in [0.2, 0.25) is 0 Å². The van der Waals surface area contributed by atoms with Crippen LogP contribution in [-0.2, 0) is 4.79 Å². The minimum Gasteiger partial charge on any atom is -0.317 e. The van der Waals surface area contributed by atoms with E-state index in [1.165, 1.54) is 0 Å². The first-order chi connectivity index (χ1) is 4.63. The van der Waals surface area contributed by atoms with Gasteiger partial charge in [-0.05, 0) is 27.3 Å². The quantitative estimate of drug-likeness (QED) is 0.641. The van der Waals surface area contributed by atoms with Crippen LogP contribution in [0.15, 0.2) is 0 Å². The summed E-state index contributed by atoms with van der Waals surface area (Å²) in [5.74, 6) is 0.467. The molecule has 0 aromatic heterocycles.